The Morgan fingerprint density at radius 3 is 2.47 bits per heavy atom. The number of halogens is 2. The van der Waals surface area contributed by atoms with E-state index in [4.69, 9.17) is 11.6 Å². The molecular formula is C17H16BrCl. The van der Waals surface area contributed by atoms with Crippen molar-refractivity contribution in [3.63, 3.8) is 0 Å². The smallest absolute Gasteiger partial charge is 0.0644 e. The molecule has 0 heterocycles. The first-order chi connectivity index (χ1) is 9.15. The van der Waals surface area contributed by atoms with Crippen molar-refractivity contribution < 1.29 is 0 Å². The maximum absolute atomic E-state index is 6.09. The molecule has 2 aromatic carbocycles. The van der Waals surface area contributed by atoms with Crippen LogP contribution >= 0.6 is 27.5 Å². The van der Waals surface area contributed by atoms with Crippen LogP contribution in [0.2, 0.25) is 5.02 Å². The molecule has 1 atom stereocenters. The van der Waals surface area contributed by atoms with Crippen molar-refractivity contribution in [2.24, 2.45) is 0 Å². The van der Waals surface area contributed by atoms with E-state index >= 15 is 0 Å². The van der Waals surface area contributed by atoms with Crippen molar-refractivity contribution in [2.45, 2.75) is 31.0 Å². The van der Waals surface area contributed by atoms with Gasteiger partial charge in [0.1, 0.15) is 0 Å². The zero-order valence-electron chi connectivity index (χ0n) is 10.9. The first-order valence-corrected chi connectivity index (χ1v) is 7.96. The Bertz CT molecular complexity index is 619. The standard InChI is InChI=1S/C17H16BrCl/c1-11-9-14(7-8-16(11)19)17(18)15-6-5-12-3-2-4-13(12)10-15/h5-10,17H,2-4H2,1H3. The fourth-order valence-electron chi connectivity index (χ4n) is 2.77. The quantitative estimate of drug-likeness (QED) is 0.625. The van der Waals surface area contributed by atoms with Gasteiger partial charge in [0.05, 0.1) is 4.83 Å². The summed E-state index contributed by atoms with van der Waals surface area (Å²) in [5.74, 6) is 0. The molecule has 0 nitrogen and oxygen atoms in total. The Hall–Kier alpha value is -0.790. The average molecular weight is 336 g/mol. The second-order valence-corrected chi connectivity index (χ2v) is 6.58. The van der Waals surface area contributed by atoms with Crippen LogP contribution < -0.4 is 0 Å². The van der Waals surface area contributed by atoms with Gasteiger partial charge >= 0.3 is 0 Å². The Balaban J connectivity index is 1.94. The lowest BCUT2D eigenvalue weighted by Crippen LogP contribution is -1.95. The minimum Gasteiger partial charge on any atom is -0.0841 e. The zero-order chi connectivity index (χ0) is 13.4. The SMILES string of the molecule is Cc1cc(C(Br)c2ccc3c(c2)CCC3)ccc1Cl. The van der Waals surface area contributed by atoms with E-state index in [1.807, 2.05) is 13.0 Å². The maximum atomic E-state index is 6.09. The maximum Gasteiger partial charge on any atom is 0.0644 e. The van der Waals surface area contributed by atoms with Crippen LogP contribution in [0.4, 0.5) is 0 Å². The van der Waals surface area contributed by atoms with E-state index < -0.39 is 0 Å². The minimum atomic E-state index is 0.245. The van der Waals surface area contributed by atoms with Gasteiger partial charge in [0.15, 0.2) is 0 Å². The topological polar surface area (TPSA) is 0 Å². The van der Waals surface area contributed by atoms with E-state index in [0.29, 0.717) is 0 Å². The highest BCUT2D eigenvalue weighted by atomic mass is 79.9. The van der Waals surface area contributed by atoms with E-state index in [1.54, 1.807) is 0 Å². The lowest BCUT2D eigenvalue weighted by atomic mass is 9.99. The fraction of sp³-hybridized carbons (Fsp3) is 0.294. The lowest BCUT2D eigenvalue weighted by Gasteiger charge is -2.13. The molecular weight excluding hydrogens is 320 g/mol. The molecule has 0 spiro atoms. The largest absolute Gasteiger partial charge is 0.0841 e. The van der Waals surface area contributed by atoms with Crippen molar-refractivity contribution in [2.75, 3.05) is 0 Å². The molecule has 0 N–H and O–H groups in total. The normalized spacial score (nSPS) is 15.3. The minimum absolute atomic E-state index is 0.245. The molecule has 0 saturated carbocycles. The van der Waals surface area contributed by atoms with Crippen molar-refractivity contribution in [1.82, 2.24) is 0 Å². The van der Waals surface area contributed by atoms with E-state index in [0.717, 1.165) is 10.6 Å². The molecule has 0 aromatic heterocycles. The highest BCUT2D eigenvalue weighted by molar-refractivity contribution is 9.09. The Labute approximate surface area is 127 Å². The molecule has 0 radical (unpaired) electrons. The van der Waals surface area contributed by atoms with Gasteiger partial charge in [0.2, 0.25) is 0 Å². The highest BCUT2D eigenvalue weighted by Crippen LogP contribution is 2.35. The summed E-state index contributed by atoms with van der Waals surface area (Å²) >= 11 is 9.91. The van der Waals surface area contributed by atoms with Gasteiger partial charge in [-0.15, -0.1) is 0 Å². The molecule has 0 bridgehead atoms. The van der Waals surface area contributed by atoms with Crippen LogP contribution in [-0.4, -0.2) is 0 Å². The third kappa shape index (κ3) is 2.59. The van der Waals surface area contributed by atoms with Crippen molar-refractivity contribution in [1.29, 1.82) is 0 Å². The summed E-state index contributed by atoms with van der Waals surface area (Å²) in [7, 11) is 0. The van der Waals surface area contributed by atoms with Crippen molar-refractivity contribution >= 4 is 27.5 Å². The summed E-state index contributed by atoms with van der Waals surface area (Å²) in [6.07, 6.45) is 3.76. The molecule has 19 heavy (non-hydrogen) atoms. The van der Waals surface area contributed by atoms with E-state index in [2.05, 4.69) is 46.3 Å². The molecule has 0 amide bonds. The number of rotatable bonds is 2. The van der Waals surface area contributed by atoms with Crippen LogP contribution in [0.25, 0.3) is 0 Å². The van der Waals surface area contributed by atoms with Gasteiger partial charge < -0.3 is 0 Å². The summed E-state index contributed by atoms with van der Waals surface area (Å²) in [4.78, 5) is 0.245. The van der Waals surface area contributed by atoms with Gasteiger partial charge in [0.25, 0.3) is 0 Å². The van der Waals surface area contributed by atoms with Crippen molar-refractivity contribution in [3.8, 4) is 0 Å². The van der Waals surface area contributed by atoms with Gasteiger partial charge in [0, 0.05) is 5.02 Å². The average Bonchev–Trinajstić information content (AvgIpc) is 2.88. The summed E-state index contributed by atoms with van der Waals surface area (Å²) in [5.41, 5.74) is 6.77. The van der Waals surface area contributed by atoms with Crippen LogP contribution in [0.5, 0.6) is 0 Å². The van der Waals surface area contributed by atoms with Gasteiger partial charge in [-0.05, 0) is 60.1 Å². The Morgan fingerprint density at radius 1 is 1.00 bits per heavy atom. The monoisotopic (exact) mass is 334 g/mol. The molecule has 2 aromatic rings. The Kier molecular flexibility index (Phi) is 3.68. The number of hydrogen-bond donors (Lipinski definition) is 0. The molecule has 3 rings (SSSR count). The van der Waals surface area contributed by atoms with Crippen molar-refractivity contribution in [3.05, 3.63) is 69.2 Å². The first-order valence-electron chi connectivity index (χ1n) is 6.67. The predicted molar refractivity (Wildman–Crippen MR) is 85.4 cm³/mol. The molecule has 1 aliphatic rings. The van der Waals surface area contributed by atoms with Crippen LogP contribution in [0.15, 0.2) is 36.4 Å². The zero-order valence-corrected chi connectivity index (χ0v) is 13.3. The number of fused-ring (bicyclic) bond motifs is 1. The first kappa shape index (κ1) is 13.2. The predicted octanol–water partition coefficient (Wildman–Crippen LogP) is 5.62. The third-order valence-corrected chi connectivity index (χ3v) is 5.37. The molecule has 0 aliphatic heterocycles. The van der Waals surface area contributed by atoms with Gasteiger partial charge in [-0.25, -0.2) is 0 Å². The van der Waals surface area contributed by atoms with Crippen LogP contribution in [0.1, 0.15) is 39.1 Å². The second kappa shape index (κ2) is 5.30. The van der Waals surface area contributed by atoms with E-state index in [9.17, 15) is 0 Å². The lowest BCUT2D eigenvalue weighted by molar-refractivity contribution is 0.911. The van der Waals surface area contributed by atoms with E-state index in [-0.39, 0.29) is 4.83 Å². The van der Waals surface area contributed by atoms with Crippen LogP contribution in [0.3, 0.4) is 0 Å². The highest BCUT2D eigenvalue weighted by Gasteiger charge is 2.16. The van der Waals surface area contributed by atoms with E-state index in [1.165, 1.54) is 41.5 Å². The summed E-state index contributed by atoms with van der Waals surface area (Å²) < 4.78 is 0. The summed E-state index contributed by atoms with van der Waals surface area (Å²) in [5, 5.41) is 0.831. The molecule has 98 valence electrons. The third-order valence-electron chi connectivity index (χ3n) is 3.89. The number of alkyl halides is 1. The molecule has 0 saturated heterocycles. The Morgan fingerprint density at radius 2 is 1.68 bits per heavy atom. The van der Waals surface area contributed by atoms with Crippen LogP contribution in [0, 0.1) is 6.92 Å². The fourth-order valence-corrected chi connectivity index (χ4v) is 3.45. The molecule has 2 heteroatoms. The van der Waals surface area contributed by atoms with Gasteiger partial charge in [-0.3, -0.25) is 0 Å². The summed E-state index contributed by atoms with van der Waals surface area (Å²) in [6, 6.07) is 13.1. The molecule has 1 aliphatic carbocycles. The van der Waals surface area contributed by atoms with Crippen LogP contribution in [-0.2, 0) is 12.8 Å². The summed E-state index contributed by atoms with van der Waals surface area (Å²) in [6.45, 7) is 2.05. The molecule has 0 fully saturated rings. The molecule has 1 unspecified atom stereocenters. The second-order valence-electron chi connectivity index (χ2n) is 5.25. The number of benzene rings is 2. The van der Waals surface area contributed by atoms with Gasteiger partial charge in [-0.2, -0.15) is 0 Å². The number of hydrogen-bond acceptors (Lipinski definition) is 0. The van der Waals surface area contributed by atoms with Gasteiger partial charge in [-0.1, -0.05) is 57.9 Å². The number of aryl methyl sites for hydroxylation is 3.